The molecule has 3 nitrogen and oxygen atoms in total. The number of nitriles is 1. The lowest BCUT2D eigenvalue weighted by atomic mass is 9.86. The summed E-state index contributed by atoms with van der Waals surface area (Å²) in [5, 5.41) is 11.8. The molecule has 1 rings (SSSR count). The third-order valence-electron chi connectivity index (χ3n) is 2.29. The van der Waals surface area contributed by atoms with Gasteiger partial charge in [0.1, 0.15) is 0 Å². The Balaban J connectivity index is 3.19. The van der Waals surface area contributed by atoms with Crippen molar-refractivity contribution in [3.05, 3.63) is 29.8 Å². The first-order chi connectivity index (χ1) is 7.99. The molecule has 0 fully saturated rings. The van der Waals surface area contributed by atoms with Crippen molar-refractivity contribution in [1.29, 1.82) is 5.26 Å². The van der Waals surface area contributed by atoms with E-state index in [2.05, 4.69) is 37.1 Å². The number of para-hydroxylation sites is 1. The molecule has 0 atom stereocenters. The first kappa shape index (κ1) is 13.6. The van der Waals surface area contributed by atoms with E-state index in [-0.39, 0.29) is 5.41 Å². The third kappa shape index (κ3) is 3.79. The van der Waals surface area contributed by atoms with Crippen LogP contribution in [0.25, 0.3) is 0 Å². The standard InChI is InChI=1S/C13H17N3S/c1-13(2,3)10-7-5-6-8-11(10)16-12(17-4)15-9-14/h5-8H,1-4H3,(H,15,16). The monoisotopic (exact) mass is 247 g/mol. The lowest BCUT2D eigenvalue weighted by molar-refractivity contribution is 0.591. The van der Waals surface area contributed by atoms with Gasteiger partial charge in [0.2, 0.25) is 0 Å². The zero-order valence-corrected chi connectivity index (χ0v) is 11.4. The fourth-order valence-electron chi connectivity index (χ4n) is 1.49. The second-order valence-electron chi connectivity index (χ2n) is 4.63. The minimum atomic E-state index is 0.0380. The van der Waals surface area contributed by atoms with Crippen molar-refractivity contribution in [3.8, 4) is 6.19 Å². The number of thioether (sulfide) groups is 1. The zero-order chi connectivity index (χ0) is 12.9. The maximum Gasteiger partial charge on any atom is 0.183 e. The second kappa shape index (κ2) is 5.74. The van der Waals surface area contributed by atoms with Crippen LogP contribution in [-0.4, -0.2) is 11.4 Å². The van der Waals surface area contributed by atoms with E-state index in [4.69, 9.17) is 5.26 Å². The van der Waals surface area contributed by atoms with Gasteiger partial charge in [-0.15, -0.1) is 0 Å². The molecule has 0 heterocycles. The fourth-order valence-corrected chi connectivity index (χ4v) is 1.82. The predicted octanol–water partition coefficient (Wildman–Crippen LogP) is 3.41. The van der Waals surface area contributed by atoms with Crippen molar-refractivity contribution >= 4 is 22.6 Å². The molecule has 0 aliphatic carbocycles. The average Bonchev–Trinajstić information content (AvgIpc) is 2.27. The largest absolute Gasteiger partial charge is 0.271 e. The SMILES string of the molecule is CSC(=Nc1ccccc1C(C)(C)C)NC#N. The number of nitrogens with zero attached hydrogens (tertiary/aromatic N) is 2. The Labute approximate surface area is 107 Å². The molecule has 1 N–H and O–H groups in total. The van der Waals surface area contributed by atoms with Crippen molar-refractivity contribution < 1.29 is 0 Å². The van der Waals surface area contributed by atoms with Gasteiger partial charge in [-0.25, -0.2) is 4.99 Å². The maximum absolute atomic E-state index is 8.62. The predicted molar refractivity (Wildman–Crippen MR) is 74.5 cm³/mol. The Morgan fingerprint density at radius 3 is 2.53 bits per heavy atom. The van der Waals surface area contributed by atoms with Crippen LogP contribution in [0.4, 0.5) is 5.69 Å². The second-order valence-corrected chi connectivity index (χ2v) is 5.42. The first-order valence-corrected chi connectivity index (χ1v) is 6.59. The number of aliphatic imine (C=N–C) groups is 1. The highest BCUT2D eigenvalue weighted by Gasteiger charge is 2.17. The molecule has 90 valence electrons. The molecule has 0 radical (unpaired) electrons. The van der Waals surface area contributed by atoms with Gasteiger partial charge in [-0.2, -0.15) is 5.26 Å². The van der Waals surface area contributed by atoms with Crippen molar-refractivity contribution in [1.82, 2.24) is 5.32 Å². The van der Waals surface area contributed by atoms with Crippen LogP contribution in [0.5, 0.6) is 0 Å². The Hall–Kier alpha value is -1.47. The quantitative estimate of drug-likeness (QED) is 0.358. The number of amidine groups is 1. The van der Waals surface area contributed by atoms with Crippen molar-refractivity contribution in [3.63, 3.8) is 0 Å². The normalized spacial score (nSPS) is 12.1. The molecule has 0 amide bonds. The average molecular weight is 247 g/mol. The van der Waals surface area contributed by atoms with Gasteiger partial charge >= 0.3 is 0 Å². The molecule has 0 saturated carbocycles. The molecule has 1 aromatic carbocycles. The Bertz CT molecular complexity index is 452. The van der Waals surface area contributed by atoms with Gasteiger partial charge in [-0.1, -0.05) is 50.7 Å². The van der Waals surface area contributed by atoms with Crippen LogP contribution in [0.3, 0.4) is 0 Å². The zero-order valence-electron chi connectivity index (χ0n) is 10.6. The molecule has 4 heteroatoms. The van der Waals surface area contributed by atoms with E-state index in [1.165, 1.54) is 17.3 Å². The smallest absolute Gasteiger partial charge is 0.183 e. The summed E-state index contributed by atoms with van der Waals surface area (Å²) < 4.78 is 0. The highest BCUT2D eigenvalue weighted by Crippen LogP contribution is 2.31. The maximum atomic E-state index is 8.62. The summed E-state index contributed by atoms with van der Waals surface area (Å²) in [6.07, 6.45) is 3.79. The molecular weight excluding hydrogens is 230 g/mol. The van der Waals surface area contributed by atoms with Crippen molar-refractivity contribution in [2.45, 2.75) is 26.2 Å². The summed E-state index contributed by atoms with van der Waals surface area (Å²) >= 11 is 1.43. The van der Waals surface area contributed by atoms with Gasteiger partial charge in [0.25, 0.3) is 0 Å². The lowest BCUT2D eigenvalue weighted by Gasteiger charge is -2.21. The van der Waals surface area contributed by atoms with Crippen LogP contribution in [0.15, 0.2) is 29.3 Å². The minimum Gasteiger partial charge on any atom is -0.271 e. The molecule has 0 unspecified atom stereocenters. The number of benzene rings is 1. The van der Waals surface area contributed by atoms with E-state index in [9.17, 15) is 0 Å². The van der Waals surface area contributed by atoms with E-state index in [1.54, 1.807) is 0 Å². The van der Waals surface area contributed by atoms with Gasteiger partial charge < -0.3 is 0 Å². The van der Waals surface area contributed by atoms with Gasteiger partial charge in [-0.05, 0) is 23.3 Å². The summed E-state index contributed by atoms with van der Waals surface area (Å²) in [4.78, 5) is 4.48. The molecule has 1 aromatic rings. The summed E-state index contributed by atoms with van der Waals surface area (Å²) in [7, 11) is 0. The third-order valence-corrected chi connectivity index (χ3v) is 2.87. The Morgan fingerprint density at radius 2 is 2.00 bits per heavy atom. The summed E-state index contributed by atoms with van der Waals surface area (Å²) in [6.45, 7) is 6.45. The van der Waals surface area contributed by atoms with E-state index in [0.717, 1.165) is 5.69 Å². The van der Waals surface area contributed by atoms with Crippen LogP contribution >= 0.6 is 11.8 Å². The molecule has 0 aliphatic rings. The Kier molecular flexibility index (Phi) is 4.59. The number of nitrogens with one attached hydrogen (secondary N) is 1. The van der Waals surface area contributed by atoms with E-state index < -0.39 is 0 Å². The van der Waals surface area contributed by atoms with Crippen LogP contribution in [0, 0.1) is 11.5 Å². The van der Waals surface area contributed by atoms with Crippen molar-refractivity contribution in [2.75, 3.05) is 6.26 Å². The van der Waals surface area contributed by atoms with Gasteiger partial charge in [0.15, 0.2) is 11.4 Å². The Morgan fingerprint density at radius 1 is 1.35 bits per heavy atom. The van der Waals surface area contributed by atoms with Crippen LogP contribution in [-0.2, 0) is 5.41 Å². The fraction of sp³-hybridized carbons (Fsp3) is 0.385. The molecular formula is C13H17N3S. The van der Waals surface area contributed by atoms with Crippen molar-refractivity contribution in [2.24, 2.45) is 4.99 Å². The summed E-state index contributed by atoms with van der Waals surface area (Å²) in [5.41, 5.74) is 2.12. The number of rotatable bonds is 1. The van der Waals surface area contributed by atoms with E-state index >= 15 is 0 Å². The highest BCUT2D eigenvalue weighted by molar-refractivity contribution is 8.13. The number of hydrogen-bond donors (Lipinski definition) is 1. The summed E-state index contributed by atoms with van der Waals surface area (Å²) in [5.74, 6) is 0. The van der Waals surface area contributed by atoms with Crippen LogP contribution in [0.1, 0.15) is 26.3 Å². The van der Waals surface area contributed by atoms with Gasteiger partial charge in [-0.3, -0.25) is 5.32 Å². The molecule has 0 saturated heterocycles. The molecule has 0 bridgehead atoms. The highest BCUT2D eigenvalue weighted by atomic mass is 32.2. The number of hydrogen-bond acceptors (Lipinski definition) is 3. The molecule has 0 spiro atoms. The van der Waals surface area contributed by atoms with Gasteiger partial charge in [0, 0.05) is 0 Å². The van der Waals surface area contributed by atoms with E-state index in [0.29, 0.717) is 5.17 Å². The van der Waals surface area contributed by atoms with Gasteiger partial charge in [0.05, 0.1) is 5.69 Å². The molecule has 0 aliphatic heterocycles. The van der Waals surface area contributed by atoms with Crippen LogP contribution < -0.4 is 5.32 Å². The summed E-state index contributed by atoms with van der Waals surface area (Å²) in [6, 6.07) is 8.01. The minimum absolute atomic E-state index is 0.0380. The lowest BCUT2D eigenvalue weighted by Crippen LogP contribution is -2.14. The van der Waals surface area contributed by atoms with Crippen LogP contribution in [0.2, 0.25) is 0 Å². The topological polar surface area (TPSA) is 48.2 Å². The first-order valence-electron chi connectivity index (χ1n) is 5.36. The molecule has 17 heavy (non-hydrogen) atoms. The molecule has 0 aromatic heterocycles. The van der Waals surface area contributed by atoms with E-state index in [1.807, 2.05) is 30.6 Å².